The van der Waals surface area contributed by atoms with Gasteiger partial charge in [-0.05, 0) is 43.9 Å². The lowest BCUT2D eigenvalue weighted by molar-refractivity contribution is -0.124. The molecule has 2 amide bonds. The summed E-state index contributed by atoms with van der Waals surface area (Å²) in [6.45, 7) is 0.180. The van der Waals surface area contributed by atoms with Crippen molar-refractivity contribution >= 4 is 11.8 Å². The summed E-state index contributed by atoms with van der Waals surface area (Å²) in [4.78, 5) is 23.4. The zero-order valence-electron chi connectivity index (χ0n) is 12.5. The van der Waals surface area contributed by atoms with Crippen LogP contribution in [0.4, 0.5) is 0 Å². The van der Waals surface area contributed by atoms with Gasteiger partial charge in [-0.2, -0.15) is 0 Å². The van der Waals surface area contributed by atoms with Crippen molar-refractivity contribution in [1.82, 2.24) is 10.8 Å². The van der Waals surface area contributed by atoms with E-state index in [0.717, 1.165) is 31.3 Å². The fraction of sp³-hybridized carbons (Fsp3) is 0.375. The van der Waals surface area contributed by atoms with E-state index in [1.54, 1.807) is 23.7 Å². The lowest BCUT2D eigenvalue weighted by Gasteiger charge is -2.24. The van der Waals surface area contributed by atoms with Crippen LogP contribution in [0.5, 0.6) is 11.5 Å². The minimum absolute atomic E-state index is 0.0715. The summed E-state index contributed by atoms with van der Waals surface area (Å²) in [6.07, 6.45) is 4.39. The molecule has 1 aliphatic heterocycles. The Labute approximate surface area is 133 Å². The lowest BCUT2D eigenvalue weighted by Crippen LogP contribution is -2.36. The molecule has 1 saturated carbocycles. The van der Waals surface area contributed by atoms with Gasteiger partial charge in [-0.3, -0.25) is 14.8 Å². The summed E-state index contributed by atoms with van der Waals surface area (Å²) in [7, 11) is 0. The number of ether oxygens (including phenoxy) is 2. The van der Waals surface area contributed by atoms with E-state index in [0.29, 0.717) is 17.1 Å². The van der Waals surface area contributed by atoms with Crippen molar-refractivity contribution in [3.63, 3.8) is 0 Å². The van der Waals surface area contributed by atoms with Crippen LogP contribution in [0.3, 0.4) is 0 Å². The fourth-order valence-electron chi connectivity index (χ4n) is 2.80. The number of benzene rings is 1. The quantitative estimate of drug-likeness (QED) is 0.446. The number of fused-ring (bicyclic) bond motifs is 1. The van der Waals surface area contributed by atoms with Crippen molar-refractivity contribution in [1.29, 1.82) is 0 Å². The molecule has 0 atom stereocenters. The Morgan fingerprint density at radius 1 is 1.17 bits per heavy atom. The highest BCUT2D eigenvalue weighted by Gasteiger charge is 2.21. The number of hydrogen-bond acceptors (Lipinski definition) is 5. The molecule has 0 unspecified atom stereocenters. The molecule has 7 nitrogen and oxygen atoms in total. The Morgan fingerprint density at radius 3 is 2.65 bits per heavy atom. The minimum Gasteiger partial charge on any atom is -0.454 e. The zero-order chi connectivity index (χ0) is 16.2. The van der Waals surface area contributed by atoms with E-state index in [-0.39, 0.29) is 18.7 Å². The van der Waals surface area contributed by atoms with E-state index in [2.05, 4.69) is 5.32 Å². The number of rotatable bonds is 3. The number of nitrogens with one attached hydrogen (secondary N) is 2. The second kappa shape index (κ2) is 6.70. The van der Waals surface area contributed by atoms with Gasteiger partial charge in [0.1, 0.15) is 0 Å². The summed E-state index contributed by atoms with van der Waals surface area (Å²) >= 11 is 0. The van der Waals surface area contributed by atoms with E-state index in [1.165, 1.54) is 6.08 Å². The third-order valence-electron chi connectivity index (χ3n) is 4.04. The number of carbonyl (C=O) groups is 2. The minimum atomic E-state index is -0.511. The third kappa shape index (κ3) is 3.62. The molecule has 3 N–H and O–H groups in total. The van der Waals surface area contributed by atoms with Crippen LogP contribution >= 0.6 is 0 Å². The van der Waals surface area contributed by atoms with Crippen LogP contribution in [-0.4, -0.2) is 29.9 Å². The number of carbonyl (C=O) groups excluding carboxylic acids is 2. The van der Waals surface area contributed by atoms with Crippen LogP contribution in [0.15, 0.2) is 29.8 Å². The maximum absolute atomic E-state index is 12.3. The highest BCUT2D eigenvalue weighted by Crippen LogP contribution is 2.32. The molecule has 1 heterocycles. The van der Waals surface area contributed by atoms with Gasteiger partial charge in [0, 0.05) is 17.7 Å². The van der Waals surface area contributed by atoms with Gasteiger partial charge in [0.25, 0.3) is 11.8 Å². The van der Waals surface area contributed by atoms with Crippen LogP contribution in [0.2, 0.25) is 0 Å². The Kier molecular flexibility index (Phi) is 4.47. The first-order valence-corrected chi connectivity index (χ1v) is 7.50. The van der Waals surface area contributed by atoms with E-state index < -0.39 is 5.91 Å². The summed E-state index contributed by atoms with van der Waals surface area (Å²) < 4.78 is 10.5. The van der Waals surface area contributed by atoms with Gasteiger partial charge in [0.05, 0.1) is 0 Å². The molecule has 1 aromatic rings. The maximum atomic E-state index is 12.3. The van der Waals surface area contributed by atoms with Gasteiger partial charge >= 0.3 is 0 Å². The van der Waals surface area contributed by atoms with Crippen molar-refractivity contribution in [3.05, 3.63) is 35.4 Å². The van der Waals surface area contributed by atoms with Crippen molar-refractivity contribution in [2.45, 2.75) is 31.7 Å². The van der Waals surface area contributed by atoms with E-state index in [4.69, 9.17) is 14.7 Å². The molecule has 7 heteroatoms. The molecular weight excluding hydrogens is 300 g/mol. The summed E-state index contributed by atoms with van der Waals surface area (Å²) in [6, 6.07) is 5.19. The lowest BCUT2D eigenvalue weighted by atomic mass is 9.90. The molecule has 2 aliphatic rings. The second-order valence-corrected chi connectivity index (χ2v) is 5.59. The van der Waals surface area contributed by atoms with E-state index in [1.807, 2.05) is 0 Å². The Hall–Kier alpha value is -2.54. The molecule has 122 valence electrons. The molecule has 1 aliphatic carbocycles. The topological polar surface area (TPSA) is 96.9 Å². The third-order valence-corrected chi connectivity index (χ3v) is 4.04. The van der Waals surface area contributed by atoms with E-state index in [9.17, 15) is 9.59 Å². The molecule has 0 radical (unpaired) electrons. The van der Waals surface area contributed by atoms with Crippen LogP contribution in [0.1, 0.15) is 36.0 Å². The zero-order valence-corrected chi connectivity index (χ0v) is 12.5. The van der Waals surface area contributed by atoms with Gasteiger partial charge in [-0.25, -0.2) is 5.48 Å². The Balaban J connectivity index is 1.55. The predicted octanol–water partition coefficient (Wildman–Crippen LogP) is 1.52. The van der Waals surface area contributed by atoms with Crippen LogP contribution in [-0.2, 0) is 4.79 Å². The standard InChI is InChI=1S/C16H18N2O5/c19-15(18-21)7-10-1-4-12(5-2-10)17-16(20)11-3-6-13-14(8-11)23-9-22-13/h3,6-8,12,21H,1-2,4-5,9H2,(H,17,20)(H,18,19). The van der Waals surface area contributed by atoms with Crippen molar-refractivity contribution in [2.24, 2.45) is 0 Å². The summed E-state index contributed by atoms with van der Waals surface area (Å²) in [5.74, 6) is 0.578. The predicted molar refractivity (Wildman–Crippen MR) is 80.3 cm³/mol. The molecule has 0 saturated heterocycles. The van der Waals surface area contributed by atoms with Crippen LogP contribution < -0.4 is 20.3 Å². The number of hydroxylamine groups is 1. The largest absolute Gasteiger partial charge is 0.454 e. The van der Waals surface area contributed by atoms with Crippen LogP contribution in [0, 0.1) is 0 Å². The molecule has 1 aromatic carbocycles. The highest BCUT2D eigenvalue weighted by atomic mass is 16.7. The molecular formula is C16H18N2O5. The average Bonchev–Trinajstić information content (AvgIpc) is 3.04. The first-order valence-electron chi connectivity index (χ1n) is 7.50. The van der Waals surface area contributed by atoms with Gasteiger partial charge < -0.3 is 14.8 Å². The number of allylic oxidation sites excluding steroid dienone is 1. The van der Waals surface area contributed by atoms with Crippen molar-refractivity contribution in [3.8, 4) is 11.5 Å². The van der Waals surface area contributed by atoms with Gasteiger partial charge in [-0.1, -0.05) is 5.57 Å². The van der Waals surface area contributed by atoms with Crippen molar-refractivity contribution in [2.75, 3.05) is 6.79 Å². The van der Waals surface area contributed by atoms with Gasteiger partial charge in [0.15, 0.2) is 11.5 Å². The van der Waals surface area contributed by atoms with Gasteiger partial charge in [0.2, 0.25) is 6.79 Å². The number of hydrogen-bond donors (Lipinski definition) is 3. The molecule has 0 spiro atoms. The molecule has 0 bridgehead atoms. The average molecular weight is 318 g/mol. The summed E-state index contributed by atoms with van der Waals surface area (Å²) in [5.41, 5.74) is 3.10. The molecule has 3 rings (SSSR count). The highest BCUT2D eigenvalue weighted by molar-refractivity contribution is 5.95. The van der Waals surface area contributed by atoms with E-state index >= 15 is 0 Å². The Morgan fingerprint density at radius 2 is 1.91 bits per heavy atom. The number of amides is 2. The van der Waals surface area contributed by atoms with Gasteiger partial charge in [-0.15, -0.1) is 0 Å². The SMILES string of the molecule is O=C(C=C1CCC(NC(=O)c2ccc3c(c2)OCO3)CC1)NO. The first-order chi connectivity index (χ1) is 11.2. The smallest absolute Gasteiger partial charge is 0.267 e. The first kappa shape index (κ1) is 15.4. The maximum Gasteiger partial charge on any atom is 0.267 e. The molecule has 1 fully saturated rings. The Bertz CT molecular complexity index is 646. The molecule has 0 aromatic heterocycles. The van der Waals surface area contributed by atoms with Crippen molar-refractivity contribution < 1.29 is 24.3 Å². The molecule has 23 heavy (non-hydrogen) atoms. The monoisotopic (exact) mass is 318 g/mol. The summed E-state index contributed by atoms with van der Waals surface area (Å²) in [5, 5.41) is 11.5. The fourth-order valence-corrected chi connectivity index (χ4v) is 2.80. The second-order valence-electron chi connectivity index (χ2n) is 5.59. The normalized spacial score (nSPS) is 19.2. The van der Waals surface area contributed by atoms with Crippen LogP contribution in [0.25, 0.3) is 0 Å².